The van der Waals surface area contributed by atoms with Gasteiger partial charge in [0.1, 0.15) is 19.8 Å². The molecule has 0 spiro atoms. The van der Waals surface area contributed by atoms with Gasteiger partial charge >= 0.3 is 19.8 Å². The van der Waals surface area contributed by atoms with Crippen LogP contribution in [-0.4, -0.2) is 74.9 Å². The topological polar surface area (TPSA) is 108 Å². The summed E-state index contributed by atoms with van der Waals surface area (Å²) < 4.78 is 34.9. The van der Waals surface area contributed by atoms with Crippen LogP contribution in [0, 0.1) is 0 Å². The molecule has 9 nitrogen and oxygen atoms in total. The number of phosphoric ester groups is 1. The van der Waals surface area contributed by atoms with Crippen molar-refractivity contribution in [1.29, 1.82) is 0 Å². The Morgan fingerprint density at radius 1 is 0.314 bits per heavy atom. The first-order valence-electron chi connectivity index (χ1n) is 43.6. The Balaban J connectivity index is 3.90. The largest absolute Gasteiger partial charge is 0.472 e. The minimum absolute atomic E-state index is 0.0319. The van der Waals surface area contributed by atoms with Gasteiger partial charge in [0.15, 0.2) is 6.10 Å². The maximum atomic E-state index is 12.9. The van der Waals surface area contributed by atoms with Crippen molar-refractivity contribution in [2.45, 2.75) is 418 Å². The fourth-order valence-electron chi connectivity index (χ4n) is 12.7. The van der Waals surface area contributed by atoms with Crippen molar-refractivity contribution in [2.24, 2.45) is 0 Å². The highest BCUT2D eigenvalue weighted by Gasteiger charge is 2.27. The van der Waals surface area contributed by atoms with Gasteiger partial charge in [-0.15, -0.1) is 0 Å². The van der Waals surface area contributed by atoms with Crippen molar-refractivity contribution in [2.75, 3.05) is 47.5 Å². The molecule has 1 N–H and O–H groups in total. The molecule has 0 fully saturated rings. The molecule has 0 aliphatic rings. The molecule has 0 amide bonds. The number of carbonyl (C=O) groups is 2. The van der Waals surface area contributed by atoms with Gasteiger partial charge in [0.2, 0.25) is 0 Å². The maximum absolute atomic E-state index is 12.9. The minimum atomic E-state index is -4.40. The van der Waals surface area contributed by atoms with E-state index in [9.17, 15) is 19.0 Å². The van der Waals surface area contributed by atoms with Gasteiger partial charge in [0.05, 0.1) is 27.7 Å². The summed E-state index contributed by atoms with van der Waals surface area (Å²) in [5.41, 5.74) is 0. The van der Waals surface area contributed by atoms with Crippen molar-refractivity contribution < 1.29 is 42.1 Å². The average Bonchev–Trinajstić information content (AvgIpc) is 0.916. The number of hydrogen-bond donors (Lipinski definition) is 1. The zero-order chi connectivity index (χ0) is 74.0. The Labute approximate surface area is 633 Å². The maximum Gasteiger partial charge on any atom is 0.472 e. The van der Waals surface area contributed by atoms with Gasteiger partial charge in [-0.3, -0.25) is 18.6 Å². The molecule has 0 aromatic heterocycles. The number of nitrogens with zero attached hydrogens (tertiary/aromatic N) is 1. The third kappa shape index (κ3) is 85.6. The number of hydrogen-bond acceptors (Lipinski definition) is 7. The summed E-state index contributed by atoms with van der Waals surface area (Å²) in [6.07, 6.45) is 117. The molecule has 0 aromatic carbocycles. The van der Waals surface area contributed by atoms with Gasteiger partial charge in [-0.25, -0.2) is 4.57 Å². The second-order valence-electron chi connectivity index (χ2n) is 30.5. The standard InChI is InChI=1S/C92H166NO8P/c1-6-8-10-12-14-16-18-20-22-24-26-28-30-32-34-36-38-40-42-44-45-46-47-49-51-53-55-57-59-61-63-65-67-69-71-73-75-77-79-81-83-85-92(95)101-90(89-100-102(96,97)99-87-86-93(3,4)5)88-98-91(94)84-82-80-78-76-74-72-70-68-66-64-62-60-58-56-54-52-50-48-43-41-39-37-35-33-31-29-27-25-23-21-19-17-15-13-11-9-7-2/h8,10,14,16,19-22,25-28,32,34,38,40,44-45,90H,6-7,9,11-13,15,17-18,23-24,29-31,33,35-37,39,41-43,46-89H2,1-5H3/p+1/b10-8-,16-14-,21-19-,22-20-,27-25-,28-26-,34-32-,40-38-,45-44-. The van der Waals surface area contributed by atoms with E-state index < -0.39 is 26.5 Å². The van der Waals surface area contributed by atoms with Crippen molar-refractivity contribution >= 4 is 19.8 Å². The summed E-state index contributed by atoms with van der Waals surface area (Å²) in [5, 5.41) is 0. The molecule has 0 aliphatic heterocycles. The van der Waals surface area contributed by atoms with Gasteiger partial charge in [-0.1, -0.05) is 406 Å². The average molecular weight is 1450 g/mol. The van der Waals surface area contributed by atoms with Gasteiger partial charge < -0.3 is 18.9 Å². The molecule has 2 atom stereocenters. The highest BCUT2D eigenvalue weighted by atomic mass is 31.2. The highest BCUT2D eigenvalue weighted by Crippen LogP contribution is 2.43. The van der Waals surface area contributed by atoms with Crippen LogP contribution in [0.1, 0.15) is 412 Å². The summed E-state index contributed by atoms with van der Waals surface area (Å²) in [5.74, 6) is -0.778. The molecule has 0 heterocycles. The quantitative estimate of drug-likeness (QED) is 0.0211. The van der Waals surface area contributed by atoms with E-state index in [0.717, 1.165) is 83.5 Å². The van der Waals surface area contributed by atoms with E-state index in [0.29, 0.717) is 23.9 Å². The SMILES string of the molecule is CC/C=C\C/C=C\C/C=C\C/C=C\C/C=C\C/C=C\C/C=C\CCCCCCCCCCCCCCCCCCCCCC(=O)OC(COC(=O)CCCCCCCCCCCCCCCCCCCCCCCCCCC/C=C\C/C=C\CCCCCCC)COP(=O)(O)OCC[N+](C)(C)C. The lowest BCUT2D eigenvalue weighted by molar-refractivity contribution is -0.870. The number of rotatable bonds is 81. The summed E-state index contributed by atoms with van der Waals surface area (Å²) in [4.78, 5) is 36.1. The lowest BCUT2D eigenvalue weighted by atomic mass is 10.0. The molecule has 10 heteroatoms. The number of likely N-dealkylation sites (N-methyl/N-ethyl adjacent to an activating group) is 1. The number of ether oxygens (including phenoxy) is 2. The van der Waals surface area contributed by atoms with E-state index in [1.54, 1.807) is 0 Å². The van der Waals surface area contributed by atoms with Crippen LogP contribution in [0.3, 0.4) is 0 Å². The third-order valence-electron chi connectivity index (χ3n) is 19.3. The Bertz CT molecular complexity index is 2100. The van der Waals surface area contributed by atoms with E-state index in [1.807, 2.05) is 21.1 Å². The van der Waals surface area contributed by atoms with Gasteiger partial charge in [-0.05, 0) is 103 Å². The van der Waals surface area contributed by atoms with E-state index >= 15 is 0 Å². The Hall–Kier alpha value is -3.33. The first-order valence-corrected chi connectivity index (χ1v) is 45.1. The molecule has 0 radical (unpaired) electrons. The molecule has 0 aromatic rings. The fraction of sp³-hybridized carbons (Fsp3) is 0.783. The van der Waals surface area contributed by atoms with Crippen LogP contribution in [0.15, 0.2) is 109 Å². The number of phosphoric acid groups is 1. The molecular weight excluding hydrogens is 1280 g/mol. The molecule has 0 bridgehead atoms. The minimum Gasteiger partial charge on any atom is -0.462 e. The van der Waals surface area contributed by atoms with E-state index in [4.69, 9.17) is 18.5 Å². The van der Waals surface area contributed by atoms with Crippen LogP contribution in [-0.2, 0) is 32.7 Å². The van der Waals surface area contributed by atoms with Crippen molar-refractivity contribution in [1.82, 2.24) is 0 Å². The van der Waals surface area contributed by atoms with E-state index in [-0.39, 0.29) is 25.6 Å². The van der Waals surface area contributed by atoms with E-state index in [2.05, 4.69) is 123 Å². The zero-order valence-electron chi connectivity index (χ0n) is 67.8. The molecule has 592 valence electrons. The lowest BCUT2D eigenvalue weighted by Gasteiger charge is -2.24. The van der Waals surface area contributed by atoms with Crippen LogP contribution in [0.5, 0.6) is 0 Å². The van der Waals surface area contributed by atoms with Crippen molar-refractivity contribution in [3.63, 3.8) is 0 Å². The van der Waals surface area contributed by atoms with Gasteiger partial charge in [-0.2, -0.15) is 0 Å². The normalized spacial score (nSPS) is 13.5. The number of allylic oxidation sites excluding steroid dienone is 18. The van der Waals surface area contributed by atoms with Gasteiger partial charge in [0.25, 0.3) is 0 Å². The first kappa shape index (κ1) is 98.7. The molecule has 2 unspecified atom stereocenters. The predicted octanol–water partition coefficient (Wildman–Crippen LogP) is 29.5. The van der Waals surface area contributed by atoms with Crippen LogP contribution >= 0.6 is 7.82 Å². The number of esters is 2. The molecule has 102 heavy (non-hydrogen) atoms. The number of unbranched alkanes of at least 4 members (excludes halogenated alkanes) is 49. The summed E-state index contributed by atoms with van der Waals surface area (Å²) in [6.45, 7) is 4.37. The Morgan fingerprint density at radius 3 is 0.833 bits per heavy atom. The summed E-state index contributed by atoms with van der Waals surface area (Å²) >= 11 is 0. The lowest BCUT2D eigenvalue weighted by Crippen LogP contribution is -2.37. The number of quaternary nitrogens is 1. The molecular formula is C92H167NO8P+. The van der Waals surface area contributed by atoms with Crippen LogP contribution < -0.4 is 0 Å². The summed E-state index contributed by atoms with van der Waals surface area (Å²) in [6, 6.07) is 0. The molecule has 0 saturated carbocycles. The molecule has 0 rings (SSSR count). The highest BCUT2D eigenvalue weighted by molar-refractivity contribution is 7.47. The summed E-state index contributed by atoms with van der Waals surface area (Å²) in [7, 11) is 1.49. The molecule has 0 saturated heterocycles. The van der Waals surface area contributed by atoms with E-state index in [1.165, 1.54) is 295 Å². The van der Waals surface area contributed by atoms with Crippen molar-refractivity contribution in [3.8, 4) is 0 Å². The van der Waals surface area contributed by atoms with Crippen LogP contribution in [0.2, 0.25) is 0 Å². The smallest absolute Gasteiger partial charge is 0.462 e. The predicted molar refractivity (Wildman–Crippen MR) is 445 cm³/mol. The fourth-order valence-corrected chi connectivity index (χ4v) is 13.4. The van der Waals surface area contributed by atoms with Crippen LogP contribution in [0.4, 0.5) is 0 Å². The van der Waals surface area contributed by atoms with Crippen LogP contribution in [0.25, 0.3) is 0 Å². The zero-order valence-corrected chi connectivity index (χ0v) is 68.7. The first-order chi connectivity index (χ1) is 50.0. The van der Waals surface area contributed by atoms with Gasteiger partial charge in [0, 0.05) is 12.8 Å². The number of carbonyl (C=O) groups excluding carboxylic acids is 2. The third-order valence-corrected chi connectivity index (χ3v) is 20.3. The molecule has 0 aliphatic carbocycles. The van der Waals surface area contributed by atoms with Crippen molar-refractivity contribution in [3.05, 3.63) is 109 Å². The second kappa shape index (κ2) is 81.7. The Kier molecular flexibility index (Phi) is 79.1. The monoisotopic (exact) mass is 1450 g/mol. The second-order valence-corrected chi connectivity index (χ2v) is 32.0. The Morgan fingerprint density at radius 2 is 0.559 bits per heavy atom.